The van der Waals surface area contributed by atoms with E-state index in [9.17, 15) is 9.59 Å². The van der Waals surface area contributed by atoms with Crippen LogP contribution in [0.25, 0.3) is 0 Å². The van der Waals surface area contributed by atoms with Gasteiger partial charge in [-0.05, 0) is 19.1 Å². The number of carbonyl (C=O) groups excluding carboxylic acids is 2. The summed E-state index contributed by atoms with van der Waals surface area (Å²) in [5, 5.41) is 5.35. The smallest absolute Gasteiger partial charge is 0.232 e. The SMILES string of the molecule is Cc1ccc(NC(=O)C2CC(=O)Nc3nc(N)nc(N)c32)cc1. The minimum absolute atomic E-state index is 0.0256. The van der Waals surface area contributed by atoms with Gasteiger partial charge in [0.2, 0.25) is 17.8 Å². The third-order valence-electron chi connectivity index (χ3n) is 3.62. The van der Waals surface area contributed by atoms with Gasteiger partial charge in [-0.1, -0.05) is 17.7 Å². The Labute approximate surface area is 132 Å². The molecule has 2 aromatic rings. The predicted octanol–water partition coefficient (Wildman–Crippen LogP) is 1.01. The van der Waals surface area contributed by atoms with E-state index in [0.29, 0.717) is 11.3 Å². The number of rotatable bonds is 2. The van der Waals surface area contributed by atoms with Crippen molar-refractivity contribution in [2.24, 2.45) is 0 Å². The normalized spacial score (nSPS) is 16.4. The summed E-state index contributed by atoms with van der Waals surface area (Å²) >= 11 is 0. The maximum Gasteiger partial charge on any atom is 0.232 e. The summed E-state index contributed by atoms with van der Waals surface area (Å²) in [6.07, 6.45) is -0.0256. The standard InChI is InChI=1S/C15H16N6O2/c1-7-2-4-8(5-3-7)18-14(23)9-6-10(22)19-13-11(9)12(16)20-15(17)21-13/h2-5,9H,6H2,1H3,(H,18,23)(H5,16,17,19,20,21,22). The number of aryl methyl sites for hydroxylation is 1. The molecule has 0 saturated heterocycles. The molecule has 0 fully saturated rings. The maximum absolute atomic E-state index is 12.6. The molecule has 1 aromatic heterocycles. The molecule has 1 aliphatic heterocycles. The van der Waals surface area contributed by atoms with Crippen molar-refractivity contribution < 1.29 is 9.59 Å². The number of anilines is 4. The molecule has 6 N–H and O–H groups in total. The molecule has 8 nitrogen and oxygen atoms in total. The largest absolute Gasteiger partial charge is 0.383 e. The lowest BCUT2D eigenvalue weighted by molar-refractivity contribution is -0.123. The van der Waals surface area contributed by atoms with E-state index in [1.807, 2.05) is 19.1 Å². The molecule has 1 aromatic carbocycles. The Morgan fingerprint density at radius 3 is 2.65 bits per heavy atom. The molecule has 1 atom stereocenters. The van der Waals surface area contributed by atoms with E-state index in [1.165, 1.54) is 0 Å². The van der Waals surface area contributed by atoms with Gasteiger partial charge in [0.25, 0.3) is 0 Å². The van der Waals surface area contributed by atoms with Gasteiger partial charge in [0.15, 0.2) is 0 Å². The summed E-state index contributed by atoms with van der Waals surface area (Å²) in [6.45, 7) is 1.95. The van der Waals surface area contributed by atoms with Gasteiger partial charge in [-0.3, -0.25) is 9.59 Å². The number of fused-ring (bicyclic) bond motifs is 1. The first kappa shape index (κ1) is 14.8. The molecule has 23 heavy (non-hydrogen) atoms. The van der Waals surface area contributed by atoms with Crippen LogP contribution in [0.2, 0.25) is 0 Å². The zero-order valence-electron chi connectivity index (χ0n) is 12.5. The Morgan fingerprint density at radius 2 is 1.96 bits per heavy atom. The summed E-state index contributed by atoms with van der Waals surface area (Å²) in [6, 6.07) is 7.35. The van der Waals surface area contributed by atoms with E-state index in [1.54, 1.807) is 12.1 Å². The van der Waals surface area contributed by atoms with Crippen molar-refractivity contribution in [3.63, 3.8) is 0 Å². The average Bonchev–Trinajstić information content (AvgIpc) is 2.48. The van der Waals surface area contributed by atoms with Crippen LogP contribution in [0.1, 0.15) is 23.5 Å². The fourth-order valence-electron chi connectivity index (χ4n) is 2.50. The fraction of sp³-hybridized carbons (Fsp3) is 0.200. The molecule has 3 rings (SSSR count). The number of hydrogen-bond acceptors (Lipinski definition) is 6. The number of nitrogens with one attached hydrogen (secondary N) is 2. The third-order valence-corrected chi connectivity index (χ3v) is 3.62. The Kier molecular flexibility index (Phi) is 3.57. The Bertz CT molecular complexity index is 787. The quantitative estimate of drug-likeness (QED) is 0.653. The first-order valence-electron chi connectivity index (χ1n) is 7.04. The van der Waals surface area contributed by atoms with Gasteiger partial charge < -0.3 is 22.1 Å². The molecule has 0 spiro atoms. The third kappa shape index (κ3) is 2.91. The van der Waals surface area contributed by atoms with Crippen molar-refractivity contribution in [3.8, 4) is 0 Å². The lowest BCUT2D eigenvalue weighted by Crippen LogP contribution is -2.32. The summed E-state index contributed by atoms with van der Waals surface area (Å²) in [4.78, 5) is 32.2. The van der Waals surface area contributed by atoms with Gasteiger partial charge >= 0.3 is 0 Å². The van der Waals surface area contributed by atoms with Crippen molar-refractivity contribution in [2.75, 3.05) is 22.1 Å². The van der Waals surface area contributed by atoms with Crippen LogP contribution < -0.4 is 22.1 Å². The number of aromatic nitrogens is 2. The zero-order valence-corrected chi connectivity index (χ0v) is 12.5. The van der Waals surface area contributed by atoms with Crippen molar-refractivity contribution in [1.82, 2.24) is 9.97 Å². The highest BCUT2D eigenvalue weighted by atomic mass is 16.2. The van der Waals surface area contributed by atoms with Crippen molar-refractivity contribution in [3.05, 3.63) is 35.4 Å². The summed E-state index contributed by atoms with van der Waals surface area (Å²) < 4.78 is 0. The molecular weight excluding hydrogens is 296 g/mol. The first-order chi connectivity index (χ1) is 10.9. The molecule has 0 aliphatic carbocycles. The van der Waals surface area contributed by atoms with Crippen LogP contribution in [-0.4, -0.2) is 21.8 Å². The van der Waals surface area contributed by atoms with Crippen LogP contribution in [0.4, 0.5) is 23.3 Å². The highest BCUT2D eigenvalue weighted by Crippen LogP contribution is 2.35. The first-order valence-corrected chi connectivity index (χ1v) is 7.04. The van der Waals surface area contributed by atoms with Gasteiger partial charge in [-0.2, -0.15) is 9.97 Å². The lowest BCUT2D eigenvalue weighted by atomic mass is 9.92. The zero-order chi connectivity index (χ0) is 16.6. The number of carbonyl (C=O) groups is 2. The van der Waals surface area contributed by atoms with E-state index >= 15 is 0 Å². The van der Waals surface area contributed by atoms with Gasteiger partial charge in [0, 0.05) is 12.1 Å². The monoisotopic (exact) mass is 312 g/mol. The minimum atomic E-state index is -0.763. The minimum Gasteiger partial charge on any atom is -0.383 e. The summed E-state index contributed by atoms with van der Waals surface area (Å²) in [7, 11) is 0. The predicted molar refractivity (Wildman–Crippen MR) is 86.7 cm³/mol. The van der Waals surface area contributed by atoms with E-state index in [4.69, 9.17) is 11.5 Å². The maximum atomic E-state index is 12.6. The molecule has 0 saturated carbocycles. The Hall–Kier alpha value is -3.16. The topological polar surface area (TPSA) is 136 Å². The number of benzene rings is 1. The molecule has 1 aliphatic rings. The van der Waals surface area contributed by atoms with Crippen LogP contribution in [-0.2, 0) is 9.59 Å². The van der Waals surface area contributed by atoms with E-state index < -0.39 is 5.92 Å². The molecule has 8 heteroatoms. The van der Waals surface area contributed by atoms with Crippen LogP contribution in [0.5, 0.6) is 0 Å². The highest BCUT2D eigenvalue weighted by molar-refractivity contribution is 6.05. The number of nitrogen functional groups attached to an aromatic ring is 2. The molecule has 0 radical (unpaired) electrons. The van der Waals surface area contributed by atoms with Crippen LogP contribution >= 0.6 is 0 Å². The number of nitrogens with two attached hydrogens (primary N) is 2. The molecule has 2 heterocycles. The highest BCUT2D eigenvalue weighted by Gasteiger charge is 2.34. The van der Waals surface area contributed by atoms with Gasteiger partial charge in [-0.15, -0.1) is 0 Å². The molecule has 1 unspecified atom stereocenters. The van der Waals surface area contributed by atoms with E-state index in [2.05, 4.69) is 20.6 Å². The van der Waals surface area contributed by atoms with E-state index in [0.717, 1.165) is 5.56 Å². The number of amides is 2. The van der Waals surface area contributed by atoms with Crippen LogP contribution in [0.3, 0.4) is 0 Å². The lowest BCUT2D eigenvalue weighted by Gasteiger charge is -2.25. The molecule has 0 bridgehead atoms. The van der Waals surface area contributed by atoms with Gasteiger partial charge in [0.05, 0.1) is 11.5 Å². The molecular formula is C15H16N6O2. The van der Waals surface area contributed by atoms with Gasteiger partial charge in [-0.25, -0.2) is 0 Å². The number of nitrogens with zero attached hydrogens (tertiary/aromatic N) is 2. The van der Waals surface area contributed by atoms with Crippen LogP contribution in [0.15, 0.2) is 24.3 Å². The van der Waals surface area contributed by atoms with Gasteiger partial charge in [0.1, 0.15) is 11.6 Å². The van der Waals surface area contributed by atoms with Crippen molar-refractivity contribution in [1.29, 1.82) is 0 Å². The Balaban J connectivity index is 1.92. The van der Waals surface area contributed by atoms with Crippen molar-refractivity contribution in [2.45, 2.75) is 19.3 Å². The molecule has 118 valence electrons. The van der Waals surface area contributed by atoms with E-state index in [-0.39, 0.29) is 35.8 Å². The number of hydrogen-bond donors (Lipinski definition) is 4. The summed E-state index contributed by atoms with van der Waals surface area (Å²) in [5.74, 6) is -1.20. The fourth-order valence-corrected chi connectivity index (χ4v) is 2.50. The second-order valence-corrected chi connectivity index (χ2v) is 5.39. The molecule has 2 amide bonds. The second kappa shape index (κ2) is 5.56. The van der Waals surface area contributed by atoms with Crippen LogP contribution in [0, 0.1) is 6.92 Å². The second-order valence-electron chi connectivity index (χ2n) is 5.39. The summed E-state index contributed by atoms with van der Waals surface area (Å²) in [5.41, 5.74) is 13.5. The van der Waals surface area contributed by atoms with Crippen molar-refractivity contribution >= 4 is 35.1 Å². The average molecular weight is 312 g/mol. The Morgan fingerprint density at radius 1 is 1.26 bits per heavy atom.